The molecule has 0 bridgehead atoms. The SMILES string of the molecule is C/C=C/CNNc1ccccc1. The molecule has 0 radical (unpaired) electrons. The Kier molecular flexibility index (Phi) is 3.95. The molecule has 1 rings (SSSR count). The van der Waals surface area contributed by atoms with E-state index in [9.17, 15) is 0 Å². The molecule has 0 aromatic heterocycles. The van der Waals surface area contributed by atoms with Gasteiger partial charge in [0.05, 0.1) is 0 Å². The van der Waals surface area contributed by atoms with Crippen molar-refractivity contribution >= 4 is 5.69 Å². The number of benzene rings is 1. The van der Waals surface area contributed by atoms with Crippen LogP contribution in [-0.2, 0) is 0 Å². The van der Waals surface area contributed by atoms with Gasteiger partial charge in [0.2, 0.25) is 0 Å². The Labute approximate surface area is 73.3 Å². The molecule has 0 spiro atoms. The zero-order valence-corrected chi connectivity index (χ0v) is 7.25. The first-order valence-electron chi connectivity index (χ1n) is 4.08. The lowest BCUT2D eigenvalue weighted by molar-refractivity contribution is 0.894. The van der Waals surface area contributed by atoms with Crippen molar-refractivity contribution in [3.05, 3.63) is 42.5 Å². The molecule has 0 fully saturated rings. The number of hydrazine groups is 1. The summed E-state index contributed by atoms with van der Waals surface area (Å²) in [5.74, 6) is 0. The molecule has 0 aliphatic carbocycles. The zero-order chi connectivity index (χ0) is 8.65. The topological polar surface area (TPSA) is 24.1 Å². The first-order chi connectivity index (χ1) is 5.93. The number of rotatable bonds is 4. The number of nitrogens with one attached hydrogen (secondary N) is 2. The van der Waals surface area contributed by atoms with E-state index < -0.39 is 0 Å². The monoisotopic (exact) mass is 162 g/mol. The van der Waals surface area contributed by atoms with Crippen molar-refractivity contribution in [2.45, 2.75) is 6.92 Å². The van der Waals surface area contributed by atoms with E-state index in [1.54, 1.807) is 0 Å². The van der Waals surface area contributed by atoms with E-state index in [4.69, 9.17) is 0 Å². The molecule has 2 nitrogen and oxygen atoms in total. The summed E-state index contributed by atoms with van der Waals surface area (Å²) in [7, 11) is 0. The lowest BCUT2D eigenvalue weighted by Gasteiger charge is -2.04. The van der Waals surface area contributed by atoms with Gasteiger partial charge in [0.1, 0.15) is 0 Å². The van der Waals surface area contributed by atoms with Crippen LogP contribution in [0.2, 0.25) is 0 Å². The first kappa shape index (κ1) is 8.81. The van der Waals surface area contributed by atoms with Crippen LogP contribution in [0.4, 0.5) is 5.69 Å². The number of allylic oxidation sites excluding steroid dienone is 1. The second kappa shape index (κ2) is 5.38. The van der Waals surface area contributed by atoms with Crippen LogP contribution in [-0.4, -0.2) is 6.54 Å². The van der Waals surface area contributed by atoms with Gasteiger partial charge in [-0.05, 0) is 19.1 Å². The Morgan fingerprint density at radius 1 is 1.25 bits per heavy atom. The van der Waals surface area contributed by atoms with Gasteiger partial charge in [-0.2, -0.15) is 0 Å². The predicted octanol–water partition coefficient (Wildman–Crippen LogP) is 2.18. The molecule has 0 aliphatic rings. The van der Waals surface area contributed by atoms with Crippen molar-refractivity contribution in [2.24, 2.45) is 0 Å². The van der Waals surface area contributed by atoms with Crippen molar-refractivity contribution in [3.63, 3.8) is 0 Å². The smallest absolute Gasteiger partial charge is 0.0487 e. The van der Waals surface area contributed by atoms with Crippen molar-refractivity contribution in [1.82, 2.24) is 5.43 Å². The first-order valence-corrected chi connectivity index (χ1v) is 4.08. The second-order valence-electron chi connectivity index (χ2n) is 2.44. The minimum atomic E-state index is 0.839. The van der Waals surface area contributed by atoms with Gasteiger partial charge in [-0.3, -0.25) is 0 Å². The minimum absolute atomic E-state index is 0.839. The molecule has 12 heavy (non-hydrogen) atoms. The number of hydrogen-bond acceptors (Lipinski definition) is 2. The molecule has 0 unspecified atom stereocenters. The minimum Gasteiger partial charge on any atom is -0.321 e. The van der Waals surface area contributed by atoms with Crippen molar-refractivity contribution in [3.8, 4) is 0 Å². The van der Waals surface area contributed by atoms with Crippen molar-refractivity contribution in [1.29, 1.82) is 0 Å². The van der Waals surface area contributed by atoms with Crippen LogP contribution < -0.4 is 10.9 Å². The molecule has 1 aromatic rings. The summed E-state index contributed by atoms with van der Waals surface area (Å²) in [6, 6.07) is 10.0. The molecule has 2 heteroatoms. The fourth-order valence-corrected chi connectivity index (χ4v) is 0.851. The maximum Gasteiger partial charge on any atom is 0.0487 e. The molecule has 0 saturated carbocycles. The van der Waals surface area contributed by atoms with Crippen LogP contribution in [0.3, 0.4) is 0 Å². The highest BCUT2D eigenvalue weighted by molar-refractivity contribution is 5.41. The van der Waals surface area contributed by atoms with E-state index in [2.05, 4.69) is 16.9 Å². The lowest BCUT2D eigenvalue weighted by atomic mass is 10.3. The van der Waals surface area contributed by atoms with E-state index in [0.29, 0.717) is 0 Å². The normalized spacial score (nSPS) is 10.4. The predicted molar refractivity (Wildman–Crippen MR) is 52.9 cm³/mol. The molecule has 0 saturated heterocycles. The average Bonchev–Trinajstić information content (AvgIpc) is 2.14. The Bertz CT molecular complexity index is 229. The summed E-state index contributed by atoms with van der Waals surface area (Å²) < 4.78 is 0. The van der Waals surface area contributed by atoms with Gasteiger partial charge >= 0.3 is 0 Å². The Morgan fingerprint density at radius 2 is 2.00 bits per heavy atom. The molecule has 0 atom stereocenters. The van der Waals surface area contributed by atoms with E-state index in [-0.39, 0.29) is 0 Å². The third kappa shape index (κ3) is 3.21. The third-order valence-electron chi connectivity index (χ3n) is 1.46. The Hall–Kier alpha value is -1.28. The van der Waals surface area contributed by atoms with Crippen LogP contribution in [0.15, 0.2) is 42.5 Å². The highest BCUT2D eigenvalue weighted by Crippen LogP contribution is 2.01. The molecule has 2 N–H and O–H groups in total. The molecular weight excluding hydrogens is 148 g/mol. The number of anilines is 1. The number of hydrogen-bond donors (Lipinski definition) is 2. The van der Waals surface area contributed by atoms with Gasteiger partial charge in [-0.25, -0.2) is 5.43 Å². The molecule has 0 amide bonds. The summed E-state index contributed by atoms with van der Waals surface area (Å²) in [6.07, 6.45) is 4.07. The maximum atomic E-state index is 3.08. The summed E-state index contributed by atoms with van der Waals surface area (Å²) in [5, 5.41) is 0. The van der Waals surface area contributed by atoms with Gasteiger partial charge < -0.3 is 5.43 Å². The highest BCUT2D eigenvalue weighted by Gasteiger charge is 1.84. The summed E-state index contributed by atoms with van der Waals surface area (Å²) in [4.78, 5) is 0. The van der Waals surface area contributed by atoms with Gasteiger partial charge in [-0.15, -0.1) is 0 Å². The molecule has 0 heterocycles. The molecule has 1 aromatic carbocycles. The Balaban J connectivity index is 2.24. The second-order valence-corrected chi connectivity index (χ2v) is 2.44. The average molecular weight is 162 g/mol. The van der Waals surface area contributed by atoms with Crippen LogP contribution >= 0.6 is 0 Å². The van der Waals surface area contributed by atoms with E-state index in [0.717, 1.165) is 12.2 Å². The van der Waals surface area contributed by atoms with E-state index >= 15 is 0 Å². The summed E-state index contributed by atoms with van der Waals surface area (Å²) in [6.45, 7) is 2.84. The van der Waals surface area contributed by atoms with Crippen molar-refractivity contribution < 1.29 is 0 Å². The van der Waals surface area contributed by atoms with E-state index in [1.807, 2.05) is 43.3 Å². The van der Waals surface area contributed by atoms with Crippen LogP contribution in [0.1, 0.15) is 6.92 Å². The molecule has 0 aliphatic heterocycles. The highest BCUT2D eigenvalue weighted by atomic mass is 15.3. The summed E-state index contributed by atoms with van der Waals surface area (Å²) in [5.41, 5.74) is 7.23. The van der Waals surface area contributed by atoms with Crippen molar-refractivity contribution in [2.75, 3.05) is 12.0 Å². The largest absolute Gasteiger partial charge is 0.321 e. The third-order valence-corrected chi connectivity index (χ3v) is 1.46. The standard InChI is InChI=1S/C10H14N2/c1-2-3-9-11-12-10-7-5-4-6-8-10/h2-8,11-12H,9H2,1H3/b3-2+. The van der Waals surface area contributed by atoms with Gasteiger partial charge in [-0.1, -0.05) is 30.4 Å². The van der Waals surface area contributed by atoms with Gasteiger partial charge in [0.25, 0.3) is 0 Å². The van der Waals surface area contributed by atoms with Gasteiger partial charge in [0, 0.05) is 12.2 Å². The molecule has 64 valence electrons. The molecular formula is C10H14N2. The summed E-state index contributed by atoms with van der Waals surface area (Å²) >= 11 is 0. The maximum absolute atomic E-state index is 3.08. The van der Waals surface area contributed by atoms with Crippen LogP contribution in [0.5, 0.6) is 0 Å². The van der Waals surface area contributed by atoms with Crippen LogP contribution in [0, 0.1) is 0 Å². The zero-order valence-electron chi connectivity index (χ0n) is 7.25. The number of para-hydroxylation sites is 1. The van der Waals surface area contributed by atoms with Crippen LogP contribution in [0.25, 0.3) is 0 Å². The quantitative estimate of drug-likeness (QED) is 0.403. The fraction of sp³-hybridized carbons (Fsp3) is 0.200. The Morgan fingerprint density at radius 3 is 2.67 bits per heavy atom. The van der Waals surface area contributed by atoms with E-state index in [1.165, 1.54) is 0 Å². The lowest BCUT2D eigenvalue weighted by Crippen LogP contribution is -2.21. The fourth-order valence-electron chi connectivity index (χ4n) is 0.851. The van der Waals surface area contributed by atoms with Gasteiger partial charge in [0.15, 0.2) is 0 Å².